The molecule has 0 aliphatic rings. The standard InChI is InChI=1S/C15H17N3O/c1-11-4-3-5-12(8-11)10-18(2)15(19)13-6-7-14(16)17-9-13/h3-9H,10H2,1-2H3,(H2,16,17). The molecule has 0 aliphatic heterocycles. The Morgan fingerprint density at radius 3 is 2.74 bits per heavy atom. The largest absolute Gasteiger partial charge is 0.384 e. The number of benzene rings is 1. The summed E-state index contributed by atoms with van der Waals surface area (Å²) in [4.78, 5) is 17.8. The minimum Gasteiger partial charge on any atom is -0.384 e. The van der Waals surface area contributed by atoms with Gasteiger partial charge in [0.2, 0.25) is 0 Å². The Hall–Kier alpha value is -2.36. The smallest absolute Gasteiger partial charge is 0.255 e. The zero-order valence-corrected chi connectivity index (χ0v) is 11.1. The van der Waals surface area contributed by atoms with Gasteiger partial charge >= 0.3 is 0 Å². The van der Waals surface area contributed by atoms with Crippen LogP contribution in [-0.2, 0) is 6.54 Å². The van der Waals surface area contributed by atoms with E-state index in [-0.39, 0.29) is 5.91 Å². The number of hydrogen-bond donors (Lipinski definition) is 1. The third-order valence-corrected chi connectivity index (χ3v) is 2.88. The van der Waals surface area contributed by atoms with Crippen LogP contribution in [0, 0.1) is 6.92 Å². The van der Waals surface area contributed by atoms with Crippen LogP contribution in [0.25, 0.3) is 0 Å². The first-order chi connectivity index (χ1) is 9.06. The number of aryl methyl sites for hydroxylation is 1. The van der Waals surface area contributed by atoms with E-state index in [1.165, 1.54) is 11.8 Å². The van der Waals surface area contributed by atoms with Crippen LogP contribution in [0.4, 0.5) is 5.82 Å². The molecule has 2 rings (SSSR count). The number of pyridine rings is 1. The maximum Gasteiger partial charge on any atom is 0.255 e. The van der Waals surface area contributed by atoms with Gasteiger partial charge in [-0.25, -0.2) is 4.98 Å². The highest BCUT2D eigenvalue weighted by atomic mass is 16.2. The predicted molar refractivity (Wildman–Crippen MR) is 75.6 cm³/mol. The second-order valence-electron chi connectivity index (χ2n) is 4.62. The predicted octanol–water partition coefficient (Wildman–Crippen LogP) is 2.24. The van der Waals surface area contributed by atoms with Crippen LogP contribution in [0.1, 0.15) is 21.5 Å². The molecule has 0 fully saturated rings. The highest BCUT2D eigenvalue weighted by Gasteiger charge is 2.12. The van der Waals surface area contributed by atoms with Crippen LogP contribution in [0.5, 0.6) is 0 Å². The Kier molecular flexibility index (Phi) is 3.80. The van der Waals surface area contributed by atoms with Gasteiger partial charge in [0, 0.05) is 19.8 Å². The summed E-state index contributed by atoms with van der Waals surface area (Å²) in [5.74, 6) is 0.354. The molecule has 2 N–H and O–H groups in total. The fraction of sp³-hybridized carbons (Fsp3) is 0.200. The summed E-state index contributed by atoms with van der Waals surface area (Å²) < 4.78 is 0. The summed E-state index contributed by atoms with van der Waals surface area (Å²) in [5, 5.41) is 0. The number of amides is 1. The Bertz CT molecular complexity index is 578. The summed E-state index contributed by atoms with van der Waals surface area (Å²) in [6.45, 7) is 2.61. The van der Waals surface area contributed by atoms with Crippen molar-refractivity contribution in [1.82, 2.24) is 9.88 Å². The summed E-state index contributed by atoms with van der Waals surface area (Å²) in [6.07, 6.45) is 1.50. The van der Waals surface area contributed by atoms with Crippen molar-refractivity contribution >= 4 is 11.7 Å². The van der Waals surface area contributed by atoms with Crippen molar-refractivity contribution in [3.05, 3.63) is 59.3 Å². The first-order valence-electron chi connectivity index (χ1n) is 6.09. The molecule has 0 unspecified atom stereocenters. The van der Waals surface area contributed by atoms with Crippen LogP contribution >= 0.6 is 0 Å². The lowest BCUT2D eigenvalue weighted by Crippen LogP contribution is -2.26. The molecule has 0 saturated heterocycles. The summed E-state index contributed by atoms with van der Waals surface area (Å²) in [6, 6.07) is 11.4. The van der Waals surface area contributed by atoms with E-state index in [0.717, 1.165) is 5.56 Å². The van der Waals surface area contributed by atoms with E-state index in [0.29, 0.717) is 17.9 Å². The average Bonchev–Trinajstić information content (AvgIpc) is 2.39. The highest BCUT2D eigenvalue weighted by Crippen LogP contribution is 2.10. The van der Waals surface area contributed by atoms with Crippen molar-refractivity contribution in [2.75, 3.05) is 12.8 Å². The second kappa shape index (κ2) is 5.52. The Morgan fingerprint density at radius 1 is 1.32 bits per heavy atom. The maximum absolute atomic E-state index is 12.2. The Balaban J connectivity index is 2.09. The SMILES string of the molecule is Cc1cccc(CN(C)C(=O)c2ccc(N)nc2)c1. The van der Waals surface area contributed by atoms with E-state index in [4.69, 9.17) is 5.73 Å². The molecule has 0 atom stereocenters. The van der Waals surface area contributed by atoms with Gasteiger partial charge < -0.3 is 10.6 Å². The third kappa shape index (κ3) is 3.31. The van der Waals surface area contributed by atoms with E-state index in [1.807, 2.05) is 25.1 Å². The number of nitrogen functional groups attached to an aromatic ring is 1. The summed E-state index contributed by atoms with van der Waals surface area (Å²) in [7, 11) is 1.78. The molecule has 1 aromatic carbocycles. The van der Waals surface area contributed by atoms with Crippen LogP contribution in [0.3, 0.4) is 0 Å². The quantitative estimate of drug-likeness (QED) is 0.915. The first-order valence-corrected chi connectivity index (χ1v) is 6.09. The molecule has 4 heteroatoms. The van der Waals surface area contributed by atoms with E-state index < -0.39 is 0 Å². The van der Waals surface area contributed by atoms with Gasteiger partial charge in [0.15, 0.2) is 0 Å². The van der Waals surface area contributed by atoms with Crippen LogP contribution in [-0.4, -0.2) is 22.8 Å². The number of nitrogens with zero attached hydrogens (tertiary/aromatic N) is 2. The van der Waals surface area contributed by atoms with Gasteiger partial charge in [-0.2, -0.15) is 0 Å². The lowest BCUT2D eigenvalue weighted by molar-refractivity contribution is 0.0784. The summed E-state index contributed by atoms with van der Waals surface area (Å²) >= 11 is 0. The van der Waals surface area contributed by atoms with Gasteiger partial charge in [0.25, 0.3) is 5.91 Å². The maximum atomic E-state index is 12.2. The van der Waals surface area contributed by atoms with E-state index >= 15 is 0 Å². The number of anilines is 1. The molecule has 0 saturated carbocycles. The third-order valence-electron chi connectivity index (χ3n) is 2.88. The monoisotopic (exact) mass is 255 g/mol. The average molecular weight is 255 g/mol. The molecule has 1 amide bonds. The fourth-order valence-electron chi connectivity index (χ4n) is 1.91. The van der Waals surface area contributed by atoms with Gasteiger partial charge in [-0.3, -0.25) is 4.79 Å². The van der Waals surface area contributed by atoms with Gasteiger partial charge in [-0.05, 0) is 24.6 Å². The van der Waals surface area contributed by atoms with Crippen LogP contribution < -0.4 is 5.73 Å². The minimum absolute atomic E-state index is 0.0611. The Morgan fingerprint density at radius 2 is 2.11 bits per heavy atom. The molecule has 0 radical (unpaired) electrons. The zero-order chi connectivity index (χ0) is 13.8. The van der Waals surface area contributed by atoms with Crippen LogP contribution in [0.2, 0.25) is 0 Å². The zero-order valence-electron chi connectivity index (χ0n) is 11.1. The number of aromatic nitrogens is 1. The molecule has 0 aliphatic carbocycles. The fourth-order valence-corrected chi connectivity index (χ4v) is 1.91. The molecule has 19 heavy (non-hydrogen) atoms. The van der Waals surface area contributed by atoms with Gasteiger partial charge in [0.05, 0.1) is 5.56 Å². The second-order valence-corrected chi connectivity index (χ2v) is 4.62. The normalized spacial score (nSPS) is 10.2. The lowest BCUT2D eigenvalue weighted by Gasteiger charge is -2.17. The molecule has 2 aromatic rings. The van der Waals surface area contributed by atoms with Crippen molar-refractivity contribution in [3.63, 3.8) is 0 Å². The number of carbonyl (C=O) groups excluding carboxylic acids is 1. The highest BCUT2D eigenvalue weighted by molar-refractivity contribution is 5.93. The molecular weight excluding hydrogens is 238 g/mol. The van der Waals surface area contributed by atoms with Crippen molar-refractivity contribution in [3.8, 4) is 0 Å². The van der Waals surface area contributed by atoms with Crippen LogP contribution in [0.15, 0.2) is 42.6 Å². The van der Waals surface area contributed by atoms with E-state index in [2.05, 4.69) is 11.1 Å². The van der Waals surface area contributed by atoms with Gasteiger partial charge in [0.1, 0.15) is 5.82 Å². The van der Waals surface area contributed by atoms with Gasteiger partial charge in [-0.15, -0.1) is 0 Å². The molecule has 0 spiro atoms. The Labute approximate surface area is 112 Å². The van der Waals surface area contributed by atoms with E-state index in [9.17, 15) is 4.79 Å². The van der Waals surface area contributed by atoms with Crippen molar-refractivity contribution in [1.29, 1.82) is 0 Å². The number of carbonyl (C=O) groups is 1. The molecule has 0 bridgehead atoms. The number of hydrogen-bond acceptors (Lipinski definition) is 3. The molecule has 98 valence electrons. The first kappa shape index (κ1) is 13.1. The molecular formula is C15H17N3O. The number of rotatable bonds is 3. The van der Waals surface area contributed by atoms with Crippen molar-refractivity contribution in [2.24, 2.45) is 0 Å². The van der Waals surface area contributed by atoms with Gasteiger partial charge in [-0.1, -0.05) is 29.8 Å². The molecule has 1 heterocycles. The molecule has 1 aromatic heterocycles. The molecule has 4 nitrogen and oxygen atoms in total. The van der Waals surface area contributed by atoms with Crippen molar-refractivity contribution in [2.45, 2.75) is 13.5 Å². The topological polar surface area (TPSA) is 59.2 Å². The minimum atomic E-state index is -0.0611. The summed E-state index contributed by atoms with van der Waals surface area (Å²) in [5.41, 5.74) is 8.35. The lowest BCUT2D eigenvalue weighted by atomic mass is 10.1. The van der Waals surface area contributed by atoms with Crippen molar-refractivity contribution < 1.29 is 4.79 Å². The van der Waals surface area contributed by atoms with E-state index in [1.54, 1.807) is 24.1 Å². The number of nitrogens with two attached hydrogens (primary N) is 1.